The van der Waals surface area contributed by atoms with Crippen LogP contribution in [0.25, 0.3) is 0 Å². The lowest BCUT2D eigenvalue weighted by Crippen LogP contribution is -2.46. The third kappa shape index (κ3) is 2.58. The number of hydrogen-bond donors (Lipinski definition) is 2. The number of piperidine rings is 1. The van der Waals surface area contributed by atoms with Gasteiger partial charge in [-0.25, -0.2) is 0 Å². The second kappa shape index (κ2) is 5.03. The molecule has 0 aromatic rings. The van der Waals surface area contributed by atoms with Crippen LogP contribution in [0.1, 0.15) is 45.4 Å². The average molecular weight is 226 g/mol. The fourth-order valence-electron chi connectivity index (χ4n) is 3.34. The molecule has 1 aliphatic carbocycles. The van der Waals surface area contributed by atoms with E-state index in [4.69, 9.17) is 5.73 Å². The van der Waals surface area contributed by atoms with Crippen LogP contribution in [0.5, 0.6) is 0 Å². The standard InChI is InChI=1S/C13H26N2O/c1-2-11-4-3-7-15(9-11)12-5-6-13(14,8-12)10-16/h11-12,16H,2-10,14H2,1H3. The van der Waals surface area contributed by atoms with Crippen molar-refractivity contribution >= 4 is 0 Å². The molecule has 1 heterocycles. The van der Waals surface area contributed by atoms with Gasteiger partial charge in [0.1, 0.15) is 0 Å². The van der Waals surface area contributed by atoms with Crippen LogP contribution >= 0.6 is 0 Å². The predicted octanol–water partition coefficient (Wildman–Crippen LogP) is 1.35. The molecule has 2 fully saturated rings. The Hall–Kier alpha value is -0.120. The number of aliphatic hydroxyl groups is 1. The first-order valence-corrected chi connectivity index (χ1v) is 6.80. The molecule has 0 bridgehead atoms. The van der Waals surface area contributed by atoms with Crippen LogP contribution in [0.3, 0.4) is 0 Å². The number of aliphatic hydroxyl groups excluding tert-OH is 1. The van der Waals surface area contributed by atoms with E-state index >= 15 is 0 Å². The summed E-state index contributed by atoms with van der Waals surface area (Å²) in [5.74, 6) is 0.885. The van der Waals surface area contributed by atoms with Gasteiger partial charge < -0.3 is 15.7 Å². The fourth-order valence-corrected chi connectivity index (χ4v) is 3.34. The topological polar surface area (TPSA) is 49.5 Å². The maximum absolute atomic E-state index is 9.30. The Kier molecular flexibility index (Phi) is 3.88. The Morgan fingerprint density at radius 2 is 2.25 bits per heavy atom. The van der Waals surface area contributed by atoms with E-state index < -0.39 is 0 Å². The van der Waals surface area contributed by atoms with Gasteiger partial charge in [0.2, 0.25) is 0 Å². The van der Waals surface area contributed by atoms with Gasteiger partial charge >= 0.3 is 0 Å². The minimum absolute atomic E-state index is 0.147. The highest BCUT2D eigenvalue weighted by Gasteiger charge is 2.38. The normalized spacial score (nSPS) is 41.4. The molecule has 3 unspecified atom stereocenters. The average Bonchev–Trinajstić information content (AvgIpc) is 2.73. The third-order valence-electron chi connectivity index (χ3n) is 4.58. The molecule has 1 saturated carbocycles. The van der Waals surface area contributed by atoms with Gasteiger partial charge in [-0.1, -0.05) is 13.3 Å². The van der Waals surface area contributed by atoms with Crippen molar-refractivity contribution in [3.8, 4) is 0 Å². The van der Waals surface area contributed by atoms with Crippen molar-refractivity contribution in [3.63, 3.8) is 0 Å². The van der Waals surface area contributed by atoms with E-state index in [0.29, 0.717) is 6.04 Å². The molecule has 0 amide bonds. The Morgan fingerprint density at radius 1 is 1.44 bits per heavy atom. The lowest BCUT2D eigenvalue weighted by Gasteiger charge is -2.37. The van der Waals surface area contributed by atoms with Crippen LogP contribution in [0.4, 0.5) is 0 Å². The van der Waals surface area contributed by atoms with Crippen molar-refractivity contribution in [3.05, 3.63) is 0 Å². The van der Waals surface area contributed by atoms with Crippen molar-refractivity contribution in [2.45, 2.75) is 57.0 Å². The molecule has 3 N–H and O–H groups in total. The fraction of sp³-hybridized carbons (Fsp3) is 1.00. The van der Waals surface area contributed by atoms with E-state index in [1.165, 1.54) is 38.8 Å². The molecule has 0 aromatic carbocycles. The Morgan fingerprint density at radius 3 is 2.88 bits per heavy atom. The first-order valence-electron chi connectivity index (χ1n) is 6.80. The highest BCUT2D eigenvalue weighted by Crippen LogP contribution is 2.33. The summed E-state index contributed by atoms with van der Waals surface area (Å²) in [6.07, 6.45) is 7.19. The van der Waals surface area contributed by atoms with E-state index in [1.807, 2.05) is 0 Å². The molecular weight excluding hydrogens is 200 g/mol. The molecule has 16 heavy (non-hydrogen) atoms. The molecule has 3 heteroatoms. The smallest absolute Gasteiger partial charge is 0.0611 e. The molecule has 94 valence electrons. The summed E-state index contributed by atoms with van der Waals surface area (Å²) in [4.78, 5) is 2.63. The minimum Gasteiger partial charge on any atom is -0.394 e. The van der Waals surface area contributed by atoms with Crippen LogP contribution in [0.2, 0.25) is 0 Å². The van der Waals surface area contributed by atoms with E-state index in [0.717, 1.165) is 18.8 Å². The number of nitrogens with zero attached hydrogens (tertiary/aromatic N) is 1. The summed E-state index contributed by atoms with van der Waals surface area (Å²) < 4.78 is 0. The van der Waals surface area contributed by atoms with Crippen molar-refractivity contribution < 1.29 is 5.11 Å². The van der Waals surface area contributed by atoms with Gasteiger partial charge in [-0.15, -0.1) is 0 Å². The summed E-state index contributed by atoms with van der Waals surface area (Å²) in [7, 11) is 0. The third-order valence-corrected chi connectivity index (χ3v) is 4.58. The largest absolute Gasteiger partial charge is 0.394 e. The van der Waals surface area contributed by atoms with Crippen molar-refractivity contribution in [2.75, 3.05) is 19.7 Å². The summed E-state index contributed by atoms with van der Waals surface area (Å²) in [5, 5.41) is 9.30. The van der Waals surface area contributed by atoms with Gasteiger partial charge in [-0.05, 0) is 44.6 Å². The Labute approximate surface area is 99.0 Å². The predicted molar refractivity (Wildman–Crippen MR) is 66.2 cm³/mol. The Balaban J connectivity index is 1.89. The van der Waals surface area contributed by atoms with Gasteiger partial charge in [0.05, 0.1) is 6.61 Å². The van der Waals surface area contributed by atoms with Crippen molar-refractivity contribution in [2.24, 2.45) is 11.7 Å². The van der Waals surface area contributed by atoms with Gasteiger partial charge in [0.25, 0.3) is 0 Å². The van der Waals surface area contributed by atoms with Crippen molar-refractivity contribution in [1.29, 1.82) is 0 Å². The summed E-state index contributed by atoms with van der Waals surface area (Å²) in [5.41, 5.74) is 5.86. The maximum Gasteiger partial charge on any atom is 0.0611 e. The molecule has 1 aliphatic heterocycles. The van der Waals surface area contributed by atoms with Gasteiger partial charge in [0, 0.05) is 18.1 Å². The quantitative estimate of drug-likeness (QED) is 0.764. The summed E-state index contributed by atoms with van der Waals surface area (Å²) >= 11 is 0. The molecule has 0 spiro atoms. The highest BCUT2D eigenvalue weighted by molar-refractivity contribution is 4.97. The second-order valence-corrected chi connectivity index (χ2v) is 5.83. The molecule has 2 aliphatic rings. The number of rotatable bonds is 3. The van der Waals surface area contributed by atoms with Gasteiger partial charge in [-0.3, -0.25) is 0 Å². The summed E-state index contributed by atoms with van der Waals surface area (Å²) in [6.45, 7) is 4.93. The zero-order chi connectivity index (χ0) is 11.6. The number of nitrogens with two attached hydrogens (primary N) is 1. The van der Waals surface area contributed by atoms with E-state index in [9.17, 15) is 5.11 Å². The van der Waals surface area contributed by atoms with Crippen molar-refractivity contribution in [1.82, 2.24) is 4.90 Å². The zero-order valence-electron chi connectivity index (χ0n) is 10.5. The summed E-state index contributed by atoms with van der Waals surface area (Å²) in [6, 6.07) is 0.631. The van der Waals surface area contributed by atoms with Crippen LogP contribution < -0.4 is 5.73 Å². The maximum atomic E-state index is 9.30. The lowest BCUT2D eigenvalue weighted by molar-refractivity contribution is 0.113. The second-order valence-electron chi connectivity index (χ2n) is 5.83. The van der Waals surface area contributed by atoms with E-state index in [-0.39, 0.29) is 12.1 Å². The van der Waals surface area contributed by atoms with Crippen LogP contribution in [-0.2, 0) is 0 Å². The first-order chi connectivity index (χ1) is 7.67. The molecule has 3 atom stereocenters. The number of hydrogen-bond acceptors (Lipinski definition) is 3. The van der Waals surface area contributed by atoms with Gasteiger partial charge in [0.15, 0.2) is 0 Å². The SMILES string of the molecule is CCC1CCCN(C2CCC(N)(CO)C2)C1. The van der Waals surface area contributed by atoms with Crippen LogP contribution in [-0.4, -0.2) is 41.3 Å². The molecule has 1 saturated heterocycles. The number of likely N-dealkylation sites (tertiary alicyclic amines) is 1. The van der Waals surface area contributed by atoms with E-state index in [1.54, 1.807) is 0 Å². The molecular formula is C13H26N2O. The highest BCUT2D eigenvalue weighted by atomic mass is 16.3. The monoisotopic (exact) mass is 226 g/mol. The first kappa shape index (κ1) is 12.3. The van der Waals surface area contributed by atoms with Gasteiger partial charge in [-0.2, -0.15) is 0 Å². The lowest BCUT2D eigenvalue weighted by atomic mass is 9.93. The van der Waals surface area contributed by atoms with Crippen LogP contribution in [0.15, 0.2) is 0 Å². The molecule has 3 nitrogen and oxygen atoms in total. The van der Waals surface area contributed by atoms with Crippen LogP contribution in [0, 0.1) is 5.92 Å². The molecule has 0 radical (unpaired) electrons. The molecule has 0 aromatic heterocycles. The molecule has 2 rings (SSSR count). The zero-order valence-corrected chi connectivity index (χ0v) is 10.5. The minimum atomic E-state index is -0.288. The Bertz CT molecular complexity index is 234. The van der Waals surface area contributed by atoms with E-state index in [2.05, 4.69) is 11.8 Å².